The Kier molecular flexibility index (Phi) is 4.49. The molecule has 1 atom stereocenters. The summed E-state index contributed by atoms with van der Waals surface area (Å²) >= 11 is 5.74. The van der Waals surface area contributed by atoms with Crippen LogP contribution < -0.4 is 5.73 Å². The maximum atomic E-state index is 13.6. The highest BCUT2D eigenvalue weighted by Gasteiger charge is 2.30. The molecule has 106 valence electrons. The van der Waals surface area contributed by atoms with Gasteiger partial charge in [0.15, 0.2) is 0 Å². The molecule has 2 rings (SSSR count). The number of hydrogen-bond donors (Lipinski definition) is 1. The number of halogens is 2. The fourth-order valence-electron chi connectivity index (χ4n) is 2.95. The van der Waals surface area contributed by atoms with Crippen LogP contribution in [0.5, 0.6) is 0 Å². The van der Waals surface area contributed by atoms with E-state index in [2.05, 4.69) is 18.7 Å². The lowest BCUT2D eigenvalue weighted by molar-refractivity contribution is 0.0806. The molecule has 2 N–H and O–H groups in total. The van der Waals surface area contributed by atoms with E-state index in [9.17, 15) is 4.39 Å². The first kappa shape index (κ1) is 14.8. The third-order valence-electron chi connectivity index (χ3n) is 3.92. The quantitative estimate of drug-likeness (QED) is 0.919. The topological polar surface area (TPSA) is 29.3 Å². The van der Waals surface area contributed by atoms with Crippen molar-refractivity contribution in [3.05, 3.63) is 34.6 Å². The maximum Gasteiger partial charge on any atom is 0.142 e. The summed E-state index contributed by atoms with van der Waals surface area (Å²) in [5.74, 6) is -0.367. The summed E-state index contributed by atoms with van der Waals surface area (Å²) in [6.07, 6.45) is 2.40. The molecule has 1 aliphatic rings. The van der Waals surface area contributed by atoms with Gasteiger partial charge in [0.25, 0.3) is 0 Å². The van der Waals surface area contributed by atoms with E-state index < -0.39 is 0 Å². The minimum Gasteiger partial charge on any atom is -0.329 e. The van der Waals surface area contributed by atoms with Gasteiger partial charge in [0.1, 0.15) is 5.82 Å². The van der Waals surface area contributed by atoms with Gasteiger partial charge in [0.2, 0.25) is 0 Å². The van der Waals surface area contributed by atoms with Crippen molar-refractivity contribution < 1.29 is 4.39 Å². The second-order valence-electron chi connectivity index (χ2n) is 6.16. The zero-order valence-electron chi connectivity index (χ0n) is 11.6. The van der Waals surface area contributed by atoms with Crippen molar-refractivity contribution >= 4 is 11.6 Å². The molecule has 0 bridgehead atoms. The molecule has 0 aliphatic carbocycles. The first-order chi connectivity index (χ1) is 8.93. The SMILES string of the molecule is CC1(C)CCCN(C(CN)c2ccc(Cl)c(F)c2)C1. The number of rotatable bonds is 3. The van der Waals surface area contributed by atoms with Gasteiger partial charge in [-0.05, 0) is 42.5 Å². The molecule has 0 amide bonds. The smallest absolute Gasteiger partial charge is 0.142 e. The molecule has 1 fully saturated rings. The largest absolute Gasteiger partial charge is 0.329 e. The lowest BCUT2D eigenvalue weighted by atomic mass is 9.83. The summed E-state index contributed by atoms with van der Waals surface area (Å²) in [5, 5.41) is 0.165. The third kappa shape index (κ3) is 3.47. The zero-order valence-corrected chi connectivity index (χ0v) is 12.4. The standard InChI is InChI=1S/C15H22ClFN2/c1-15(2)6-3-7-19(10-15)14(9-18)11-4-5-12(16)13(17)8-11/h4-5,8,14H,3,6-7,9-10,18H2,1-2H3. The van der Waals surface area contributed by atoms with E-state index in [4.69, 9.17) is 17.3 Å². The lowest BCUT2D eigenvalue weighted by Gasteiger charge is -2.42. The molecule has 0 radical (unpaired) electrons. The Balaban J connectivity index is 2.21. The number of nitrogens with two attached hydrogens (primary N) is 1. The van der Waals surface area contributed by atoms with Crippen LogP contribution in [0.25, 0.3) is 0 Å². The van der Waals surface area contributed by atoms with E-state index in [1.807, 2.05) is 6.07 Å². The number of likely N-dealkylation sites (tertiary alicyclic amines) is 1. The third-order valence-corrected chi connectivity index (χ3v) is 4.23. The van der Waals surface area contributed by atoms with Gasteiger partial charge in [-0.25, -0.2) is 4.39 Å². The van der Waals surface area contributed by atoms with Crippen molar-refractivity contribution in [3.63, 3.8) is 0 Å². The van der Waals surface area contributed by atoms with Crippen LogP contribution in [0, 0.1) is 11.2 Å². The number of hydrogen-bond acceptors (Lipinski definition) is 2. The summed E-state index contributed by atoms with van der Waals surface area (Å²) in [6.45, 7) is 7.07. The van der Waals surface area contributed by atoms with Crippen LogP contribution in [-0.4, -0.2) is 24.5 Å². The van der Waals surface area contributed by atoms with Crippen LogP contribution in [0.1, 0.15) is 38.3 Å². The molecule has 1 unspecified atom stereocenters. The molecule has 2 nitrogen and oxygen atoms in total. The second-order valence-corrected chi connectivity index (χ2v) is 6.57. The Hall–Kier alpha value is -0.640. The Morgan fingerprint density at radius 3 is 2.79 bits per heavy atom. The fourth-order valence-corrected chi connectivity index (χ4v) is 3.07. The normalized spacial score (nSPS) is 21.3. The fraction of sp³-hybridized carbons (Fsp3) is 0.600. The van der Waals surface area contributed by atoms with Gasteiger partial charge < -0.3 is 5.73 Å². The van der Waals surface area contributed by atoms with Crippen molar-refractivity contribution in [3.8, 4) is 0 Å². The molecular formula is C15H22ClFN2. The molecule has 1 saturated heterocycles. The first-order valence-corrected chi connectivity index (χ1v) is 7.20. The Labute approximate surface area is 119 Å². The van der Waals surface area contributed by atoms with Gasteiger partial charge in [-0.15, -0.1) is 0 Å². The predicted molar refractivity (Wildman–Crippen MR) is 77.8 cm³/mol. The van der Waals surface area contributed by atoms with E-state index in [1.165, 1.54) is 18.9 Å². The molecule has 1 aliphatic heterocycles. The van der Waals surface area contributed by atoms with E-state index in [-0.39, 0.29) is 16.9 Å². The highest BCUT2D eigenvalue weighted by Crippen LogP contribution is 2.33. The Bertz CT molecular complexity index is 448. The molecule has 19 heavy (non-hydrogen) atoms. The van der Waals surface area contributed by atoms with Gasteiger partial charge in [-0.2, -0.15) is 0 Å². The molecular weight excluding hydrogens is 263 g/mol. The predicted octanol–water partition coefficient (Wildman–Crippen LogP) is 3.60. The van der Waals surface area contributed by atoms with E-state index >= 15 is 0 Å². The van der Waals surface area contributed by atoms with E-state index in [1.54, 1.807) is 6.07 Å². The Morgan fingerprint density at radius 2 is 2.21 bits per heavy atom. The van der Waals surface area contributed by atoms with Crippen LogP contribution in [0.2, 0.25) is 5.02 Å². The van der Waals surface area contributed by atoms with E-state index in [0.717, 1.165) is 18.7 Å². The molecule has 4 heteroatoms. The minimum atomic E-state index is -0.367. The molecule has 0 aromatic heterocycles. The molecule has 0 saturated carbocycles. The zero-order chi connectivity index (χ0) is 14.0. The van der Waals surface area contributed by atoms with Crippen LogP contribution in [0.15, 0.2) is 18.2 Å². The van der Waals surface area contributed by atoms with Crippen LogP contribution >= 0.6 is 11.6 Å². The monoisotopic (exact) mass is 284 g/mol. The lowest BCUT2D eigenvalue weighted by Crippen LogP contribution is -2.44. The molecule has 1 heterocycles. The number of benzene rings is 1. The average Bonchev–Trinajstić information content (AvgIpc) is 2.33. The van der Waals surface area contributed by atoms with Gasteiger partial charge in [-0.3, -0.25) is 4.90 Å². The van der Waals surface area contributed by atoms with Crippen LogP contribution in [0.4, 0.5) is 4.39 Å². The summed E-state index contributed by atoms with van der Waals surface area (Å²) in [5.41, 5.74) is 7.14. The highest BCUT2D eigenvalue weighted by molar-refractivity contribution is 6.30. The minimum absolute atomic E-state index is 0.0753. The van der Waals surface area contributed by atoms with Crippen molar-refractivity contribution in [1.82, 2.24) is 4.90 Å². The van der Waals surface area contributed by atoms with Crippen molar-refractivity contribution in [1.29, 1.82) is 0 Å². The highest BCUT2D eigenvalue weighted by atomic mass is 35.5. The Morgan fingerprint density at radius 1 is 1.47 bits per heavy atom. The van der Waals surface area contributed by atoms with Crippen molar-refractivity contribution in [2.45, 2.75) is 32.7 Å². The average molecular weight is 285 g/mol. The number of nitrogens with zero attached hydrogens (tertiary/aromatic N) is 1. The second kappa shape index (κ2) is 5.78. The van der Waals surface area contributed by atoms with Crippen LogP contribution in [0.3, 0.4) is 0 Å². The van der Waals surface area contributed by atoms with Crippen molar-refractivity contribution in [2.75, 3.05) is 19.6 Å². The summed E-state index contributed by atoms with van der Waals surface area (Å²) in [4.78, 5) is 2.37. The first-order valence-electron chi connectivity index (χ1n) is 6.82. The number of piperidine rings is 1. The van der Waals surface area contributed by atoms with Crippen molar-refractivity contribution in [2.24, 2.45) is 11.1 Å². The van der Waals surface area contributed by atoms with Gasteiger partial charge in [-0.1, -0.05) is 31.5 Å². The van der Waals surface area contributed by atoms with Gasteiger partial charge in [0, 0.05) is 19.1 Å². The summed E-state index contributed by atoms with van der Waals surface area (Å²) in [6, 6.07) is 5.09. The molecule has 0 spiro atoms. The van der Waals surface area contributed by atoms with E-state index in [0.29, 0.717) is 12.0 Å². The molecule has 1 aromatic carbocycles. The van der Waals surface area contributed by atoms with Gasteiger partial charge in [0.05, 0.1) is 5.02 Å². The maximum absolute atomic E-state index is 13.6. The van der Waals surface area contributed by atoms with Crippen LogP contribution in [-0.2, 0) is 0 Å². The molecule has 1 aromatic rings. The van der Waals surface area contributed by atoms with Gasteiger partial charge >= 0.3 is 0 Å². The summed E-state index contributed by atoms with van der Waals surface area (Å²) in [7, 11) is 0. The summed E-state index contributed by atoms with van der Waals surface area (Å²) < 4.78 is 13.6.